The zero-order valence-electron chi connectivity index (χ0n) is 9.40. The van der Waals surface area contributed by atoms with Crippen molar-refractivity contribution in [1.82, 2.24) is 0 Å². The molecule has 0 bridgehead atoms. The van der Waals surface area contributed by atoms with Crippen LogP contribution in [-0.2, 0) is 0 Å². The molecule has 1 fully saturated rings. The number of halogens is 1. The van der Waals surface area contributed by atoms with E-state index in [2.05, 4.69) is 0 Å². The summed E-state index contributed by atoms with van der Waals surface area (Å²) in [6.45, 7) is 1.83. The van der Waals surface area contributed by atoms with Gasteiger partial charge in [-0.1, -0.05) is 6.07 Å². The Balaban J connectivity index is 2.34. The van der Waals surface area contributed by atoms with Crippen molar-refractivity contribution in [3.05, 3.63) is 29.6 Å². The van der Waals surface area contributed by atoms with Crippen molar-refractivity contribution in [2.24, 2.45) is 11.7 Å². The molecule has 0 aromatic heterocycles. The minimum atomic E-state index is -1.10. The third kappa shape index (κ3) is 2.24. The number of carboxylic acid groups (broad SMARTS) is 1. The highest BCUT2D eigenvalue weighted by molar-refractivity contribution is 5.94. The molecule has 0 radical (unpaired) electrons. The molecule has 1 aliphatic heterocycles. The van der Waals surface area contributed by atoms with Gasteiger partial charge in [0.25, 0.3) is 0 Å². The number of aromatic carboxylic acids is 1. The van der Waals surface area contributed by atoms with Crippen LogP contribution in [0.5, 0.6) is 0 Å². The van der Waals surface area contributed by atoms with E-state index in [0.717, 1.165) is 6.42 Å². The Morgan fingerprint density at radius 2 is 2.35 bits per heavy atom. The van der Waals surface area contributed by atoms with E-state index in [-0.39, 0.29) is 11.3 Å². The van der Waals surface area contributed by atoms with Crippen LogP contribution < -0.4 is 10.6 Å². The molecule has 1 aliphatic rings. The van der Waals surface area contributed by atoms with Gasteiger partial charge in [0, 0.05) is 13.1 Å². The van der Waals surface area contributed by atoms with E-state index >= 15 is 0 Å². The van der Waals surface area contributed by atoms with Crippen LogP contribution in [0.15, 0.2) is 18.2 Å². The van der Waals surface area contributed by atoms with Gasteiger partial charge in [-0.3, -0.25) is 0 Å². The van der Waals surface area contributed by atoms with Gasteiger partial charge < -0.3 is 15.7 Å². The van der Waals surface area contributed by atoms with Crippen LogP contribution in [0.25, 0.3) is 0 Å². The van der Waals surface area contributed by atoms with Crippen molar-refractivity contribution >= 4 is 11.7 Å². The Morgan fingerprint density at radius 1 is 1.59 bits per heavy atom. The highest BCUT2D eigenvalue weighted by atomic mass is 19.1. The number of benzene rings is 1. The SMILES string of the molecule is NCC1CCN(c2c(F)cccc2C(=O)O)C1. The first kappa shape index (κ1) is 11.9. The molecule has 1 atom stereocenters. The summed E-state index contributed by atoms with van der Waals surface area (Å²) in [6.07, 6.45) is 0.879. The number of anilines is 1. The molecule has 0 aliphatic carbocycles. The minimum absolute atomic E-state index is 0.0164. The van der Waals surface area contributed by atoms with E-state index in [1.165, 1.54) is 18.2 Å². The Kier molecular flexibility index (Phi) is 3.28. The van der Waals surface area contributed by atoms with Crippen LogP contribution in [0.1, 0.15) is 16.8 Å². The molecular formula is C12H15FN2O2. The molecule has 1 saturated heterocycles. The molecule has 0 saturated carbocycles. The predicted octanol–water partition coefficient (Wildman–Crippen LogP) is 1.31. The van der Waals surface area contributed by atoms with Gasteiger partial charge in [-0.2, -0.15) is 0 Å². The molecular weight excluding hydrogens is 223 g/mol. The Labute approximate surface area is 98.8 Å². The summed E-state index contributed by atoms with van der Waals surface area (Å²) < 4.78 is 13.8. The second kappa shape index (κ2) is 4.71. The van der Waals surface area contributed by atoms with Gasteiger partial charge in [-0.05, 0) is 31.0 Å². The first-order valence-corrected chi connectivity index (χ1v) is 5.60. The van der Waals surface area contributed by atoms with E-state index < -0.39 is 11.8 Å². The molecule has 1 aromatic rings. The number of carbonyl (C=O) groups is 1. The molecule has 17 heavy (non-hydrogen) atoms. The van der Waals surface area contributed by atoms with Crippen LogP contribution in [0.2, 0.25) is 0 Å². The van der Waals surface area contributed by atoms with Crippen molar-refractivity contribution < 1.29 is 14.3 Å². The van der Waals surface area contributed by atoms with Crippen molar-refractivity contribution in [1.29, 1.82) is 0 Å². The molecule has 1 heterocycles. The molecule has 1 unspecified atom stereocenters. The fourth-order valence-electron chi connectivity index (χ4n) is 2.24. The summed E-state index contributed by atoms with van der Waals surface area (Å²) in [5, 5.41) is 9.06. The average Bonchev–Trinajstić information content (AvgIpc) is 2.76. The van der Waals surface area contributed by atoms with Gasteiger partial charge in [-0.25, -0.2) is 9.18 Å². The minimum Gasteiger partial charge on any atom is -0.478 e. The van der Waals surface area contributed by atoms with E-state index in [1.54, 1.807) is 4.90 Å². The molecule has 0 amide bonds. The monoisotopic (exact) mass is 238 g/mol. The summed E-state index contributed by atoms with van der Waals surface area (Å²) in [6, 6.07) is 4.13. The van der Waals surface area contributed by atoms with Crippen molar-refractivity contribution in [2.45, 2.75) is 6.42 Å². The average molecular weight is 238 g/mol. The molecule has 92 valence electrons. The quantitative estimate of drug-likeness (QED) is 0.833. The van der Waals surface area contributed by atoms with E-state index in [9.17, 15) is 9.18 Å². The maximum atomic E-state index is 13.8. The lowest BCUT2D eigenvalue weighted by Gasteiger charge is -2.21. The van der Waals surface area contributed by atoms with Crippen molar-refractivity contribution in [3.63, 3.8) is 0 Å². The maximum Gasteiger partial charge on any atom is 0.337 e. The number of carboxylic acids is 1. The predicted molar refractivity (Wildman–Crippen MR) is 62.7 cm³/mol. The first-order valence-electron chi connectivity index (χ1n) is 5.60. The molecule has 2 rings (SSSR count). The summed E-state index contributed by atoms with van der Waals surface area (Å²) >= 11 is 0. The fourth-order valence-corrected chi connectivity index (χ4v) is 2.24. The summed E-state index contributed by atoms with van der Waals surface area (Å²) in [5.74, 6) is -1.27. The number of nitrogens with zero attached hydrogens (tertiary/aromatic N) is 1. The number of hydrogen-bond donors (Lipinski definition) is 2. The van der Waals surface area contributed by atoms with Crippen molar-refractivity contribution in [2.75, 3.05) is 24.5 Å². The summed E-state index contributed by atoms with van der Waals surface area (Å²) in [7, 11) is 0. The molecule has 0 spiro atoms. The van der Waals surface area contributed by atoms with Crippen molar-refractivity contribution in [3.8, 4) is 0 Å². The lowest BCUT2D eigenvalue weighted by Crippen LogP contribution is -2.25. The van der Waals surface area contributed by atoms with Gasteiger partial charge in [0.05, 0.1) is 11.3 Å². The lowest BCUT2D eigenvalue weighted by molar-refractivity contribution is 0.0697. The molecule has 1 aromatic carbocycles. The van der Waals surface area contributed by atoms with E-state index in [0.29, 0.717) is 25.6 Å². The second-order valence-corrected chi connectivity index (χ2v) is 4.28. The number of rotatable bonds is 3. The van der Waals surface area contributed by atoms with Crippen LogP contribution in [0, 0.1) is 11.7 Å². The fraction of sp³-hybridized carbons (Fsp3) is 0.417. The highest BCUT2D eigenvalue weighted by Gasteiger charge is 2.27. The molecule has 5 heteroatoms. The van der Waals surface area contributed by atoms with Crippen LogP contribution in [0.3, 0.4) is 0 Å². The standard InChI is InChI=1S/C12H15FN2O2/c13-10-3-1-2-9(12(16)17)11(10)15-5-4-8(6-14)7-15/h1-3,8H,4-7,14H2,(H,16,17). The third-order valence-corrected chi connectivity index (χ3v) is 3.15. The van der Waals surface area contributed by atoms with Crippen LogP contribution >= 0.6 is 0 Å². The highest BCUT2D eigenvalue weighted by Crippen LogP contribution is 2.29. The zero-order chi connectivity index (χ0) is 12.4. The molecule has 4 nitrogen and oxygen atoms in total. The third-order valence-electron chi connectivity index (χ3n) is 3.15. The second-order valence-electron chi connectivity index (χ2n) is 4.28. The van der Waals surface area contributed by atoms with Gasteiger partial charge in [0.2, 0.25) is 0 Å². The molecule has 3 N–H and O–H groups in total. The largest absolute Gasteiger partial charge is 0.478 e. The van der Waals surface area contributed by atoms with Gasteiger partial charge in [0.1, 0.15) is 5.82 Å². The lowest BCUT2D eigenvalue weighted by atomic mass is 10.1. The zero-order valence-corrected chi connectivity index (χ0v) is 9.40. The smallest absolute Gasteiger partial charge is 0.337 e. The normalized spacial score (nSPS) is 19.6. The van der Waals surface area contributed by atoms with Gasteiger partial charge >= 0.3 is 5.97 Å². The van der Waals surface area contributed by atoms with E-state index in [4.69, 9.17) is 10.8 Å². The number of para-hydroxylation sites is 1. The van der Waals surface area contributed by atoms with Gasteiger partial charge in [-0.15, -0.1) is 0 Å². The number of hydrogen-bond acceptors (Lipinski definition) is 3. The van der Waals surface area contributed by atoms with Crippen LogP contribution in [0.4, 0.5) is 10.1 Å². The summed E-state index contributed by atoms with van der Waals surface area (Å²) in [5.41, 5.74) is 5.78. The summed E-state index contributed by atoms with van der Waals surface area (Å²) in [4.78, 5) is 12.8. The maximum absolute atomic E-state index is 13.8. The topological polar surface area (TPSA) is 66.6 Å². The Bertz CT molecular complexity index is 437. The van der Waals surface area contributed by atoms with Crippen LogP contribution in [-0.4, -0.2) is 30.7 Å². The van der Waals surface area contributed by atoms with Gasteiger partial charge in [0.15, 0.2) is 0 Å². The first-order chi connectivity index (χ1) is 8.13. The Hall–Kier alpha value is -1.62. The van der Waals surface area contributed by atoms with E-state index in [1.807, 2.05) is 0 Å². The Morgan fingerprint density at radius 3 is 2.94 bits per heavy atom. The number of nitrogens with two attached hydrogens (primary N) is 1.